The number of rotatable bonds is 3. The first-order chi connectivity index (χ1) is 8.19. The SMILES string of the molecule is CCC(C)C(C)N1CCNCC12CCCCC2. The smallest absolute Gasteiger partial charge is 0.0337 e. The van der Waals surface area contributed by atoms with Gasteiger partial charge >= 0.3 is 0 Å². The van der Waals surface area contributed by atoms with Crippen molar-refractivity contribution in [2.24, 2.45) is 5.92 Å². The molecule has 1 aliphatic carbocycles. The number of hydrogen-bond acceptors (Lipinski definition) is 2. The van der Waals surface area contributed by atoms with Gasteiger partial charge in [-0.3, -0.25) is 4.90 Å². The molecular weight excluding hydrogens is 208 g/mol. The lowest BCUT2D eigenvalue weighted by molar-refractivity contribution is -0.0183. The van der Waals surface area contributed by atoms with Gasteiger partial charge in [-0.2, -0.15) is 0 Å². The molecule has 1 heterocycles. The molecule has 1 saturated carbocycles. The fraction of sp³-hybridized carbons (Fsp3) is 1.00. The van der Waals surface area contributed by atoms with Crippen molar-refractivity contribution in [3.8, 4) is 0 Å². The second kappa shape index (κ2) is 5.71. The maximum absolute atomic E-state index is 3.65. The molecule has 17 heavy (non-hydrogen) atoms. The summed E-state index contributed by atoms with van der Waals surface area (Å²) in [6.07, 6.45) is 8.47. The zero-order valence-electron chi connectivity index (χ0n) is 12.0. The van der Waals surface area contributed by atoms with Crippen molar-refractivity contribution in [2.75, 3.05) is 19.6 Å². The van der Waals surface area contributed by atoms with Gasteiger partial charge in [-0.1, -0.05) is 39.5 Å². The Hall–Kier alpha value is -0.0800. The Kier molecular flexibility index (Phi) is 4.48. The van der Waals surface area contributed by atoms with Gasteiger partial charge in [-0.05, 0) is 25.7 Å². The predicted octanol–water partition coefficient (Wildman–Crippen LogP) is 3.03. The fourth-order valence-electron chi connectivity index (χ4n) is 3.82. The van der Waals surface area contributed by atoms with Gasteiger partial charge in [0, 0.05) is 31.2 Å². The Balaban J connectivity index is 2.10. The lowest BCUT2D eigenvalue weighted by atomic mass is 9.77. The van der Waals surface area contributed by atoms with Crippen LogP contribution in [0.5, 0.6) is 0 Å². The molecule has 2 aliphatic rings. The minimum atomic E-state index is 0.499. The van der Waals surface area contributed by atoms with Crippen molar-refractivity contribution >= 4 is 0 Å². The van der Waals surface area contributed by atoms with Gasteiger partial charge in [0.15, 0.2) is 0 Å². The molecule has 0 aromatic heterocycles. The van der Waals surface area contributed by atoms with Crippen LogP contribution in [0.4, 0.5) is 0 Å². The molecule has 2 atom stereocenters. The molecule has 1 saturated heterocycles. The zero-order chi connectivity index (χ0) is 12.3. The summed E-state index contributed by atoms with van der Waals surface area (Å²) in [5.74, 6) is 0.826. The van der Waals surface area contributed by atoms with Crippen molar-refractivity contribution in [3.05, 3.63) is 0 Å². The molecule has 2 fully saturated rings. The molecule has 2 unspecified atom stereocenters. The summed E-state index contributed by atoms with van der Waals surface area (Å²) in [4.78, 5) is 2.86. The van der Waals surface area contributed by atoms with E-state index in [1.54, 1.807) is 0 Å². The Bertz CT molecular complexity index is 225. The van der Waals surface area contributed by atoms with Gasteiger partial charge in [-0.25, -0.2) is 0 Å². The highest BCUT2D eigenvalue weighted by Gasteiger charge is 2.42. The van der Waals surface area contributed by atoms with Crippen molar-refractivity contribution in [2.45, 2.75) is 70.9 Å². The van der Waals surface area contributed by atoms with Crippen LogP contribution in [-0.4, -0.2) is 36.1 Å². The highest BCUT2D eigenvalue weighted by atomic mass is 15.3. The summed E-state index contributed by atoms with van der Waals surface area (Å²) < 4.78 is 0. The molecule has 100 valence electrons. The van der Waals surface area contributed by atoms with E-state index in [9.17, 15) is 0 Å². The number of piperazine rings is 1. The van der Waals surface area contributed by atoms with E-state index < -0.39 is 0 Å². The van der Waals surface area contributed by atoms with Crippen LogP contribution in [0, 0.1) is 5.92 Å². The molecule has 0 bridgehead atoms. The van der Waals surface area contributed by atoms with Crippen molar-refractivity contribution in [3.63, 3.8) is 0 Å². The largest absolute Gasteiger partial charge is 0.314 e. The predicted molar refractivity (Wildman–Crippen MR) is 74.3 cm³/mol. The quantitative estimate of drug-likeness (QED) is 0.813. The molecule has 2 nitrogen and oxygen atoms in total. The Labute approximate surface area is 107 Å². The summed E-state index contributed by atoms with van der Waals surface area (Å²) in [7, 11) is 0. The third-order valence-corrected chi connectivity index (χ3v) is 5.34. The molecule has 1 N–H and O–H groups in total. The van der Waals surface area contributed by atoms with E-state index in [4.69, 9.17) is 0 Å². The molecule has 0 amide bonds. The first-order valence-corrected chi connectivity index (χ1v) is 7.67. The Morgan fingerprint density at radius 2 is 1.88 bits per heavy atom. The number of nitrogens with zero attached hydrogens (tertiary/aromatic N) is 1. The normalized spacial score (nSPS) is 29.1. The molecule has 1 spiro atoms. The summed E-state index contributed by atoms with van der Waals surface area (Å²) in [6, 6.07) is 0.750. The van der Waals surface area contributed by atoms with Gasteiger partial charge in [-0.15, -0.1) is 0 Å². The second-order valence-corrected chi connectivity index (χ2v) is 6.28. The second-order valence-electron chi connectivity index (χ2n) is 6.28. The topological polar surface area (TPSA) is 15.3 Å². The van der Waals surface area contributed by atoms with E-state index in [1.807, 2.05) is 0 Å². The van der Waals surface area contributed by atoms with Crippen LogP contribution < -0.4 is 5.32 Å². The fourth-order valence-corrected chi connectivity index (χ4v) is 3.82. The summed E-state index contributed by atoms with van der Waals surface area (Å²) in [5.41, 5.74) is 0.499. The molecule has 0 aromatic carbocycles. The van der Waals surface area contributed by atoms with Crippen LogP contribution >= 0.6 is 0 Å². The van der Waals surface area contributed by atoms with E-state index in [0.717, 1.165) is 12.0 Å². The molecule has 0 aromatic rings. The number of hydrogen-bond donors (Lipinski definition) is 1. The first-order valence-electron chi connectivity index (χ1n) is 7.67. The van der Waals surface area contributed by atoms with E-state index >= 15 is 0 Å². The highest BCUT2D eigenvalue weighted by molar-refractivity contribution is 5.00. The first kappa shape index (κ1) is 13.4. The zero-order valence-corrected chi connectivity index (χ0v) is 12.0. The Morgan fingerprint density at radius 1 is 1.18 bits per heavy atom. The van der Waals surface area contributed by atoms with Gasteiger partial charge in [0.25, 0.3) is 0 Å². The van der Waals surface area contributed by atoms with Crippen LogP contribution in [0.1, 0.15) is 59.3 Å². The summed E-state index contributed by atoms with van der Waals surface area (Å²) in [5, 5.41) is 3.65. The average Bonchev–Trinajstić information content (AvgIpc) is 2.38. The lowest BCUT2D eigenvalue weighted by Gasteiger charge is -2.53. The van der Waals surface area contributed by atoms with E-state index in [1.165, 1.54) is 58.2 Å². The molecule has 2 rings (SSSR count). The molecule has 0 radical (unpaired) electrons. The average molecular weight is 238 g/mol. The van der Waals surface area contributed by atoms with Gasteiger partial charge < -0.3 is 5.32 Å². The van der Waals surface area contributed by atoms with E-state index in [0.29, 0.717) is 5.54 Å². The Morgan fingerprint density at radius 3 is 2.53 bits per heavy atom. The highest BCUT2D eigenvalue weighted by Crippen LogP contribution is 2.37. The van der Waals surface area contributed by atoms with E-state index in [-0.39, 0.29) is 0 Å². The van der Waals surface area contributed by atoms with Gasteiger partial charge in [0.2, 0.25) is 0 Å². The van der Waals surface area contributed by atoms with E-state index in [2.05, 4.69) is 31.0 Å². The van der Waals surface area contributed by atoms with Crippen molar-refractivity contribution < 1.29 is 0 Å². The number of nitrogens with one attached hydrogen (secondary N) is 1. The van der Waals surface area contributed by atoms with Gasteiger partial charge in [0.1, 0.15) is 0 Å². The maximum atomic E-state index is 3.65. The summed E-state index contributed by atoms with van der Waals surface area (Å²) in [6.45, 7) is 10.9. The minimum absolute atomic E-state index is 0.499. The molecule has 1 aliphatic heterocycles. The summed E-state index contributed by atoms with van der Waals surface area (Å²) >= 11 is 0. The third-order valence-electron chi connectivity index (χ3n) is 5.34. The minimum Gasteiger partial charge on any atom is -0.314 e. The standard InChI is InChI=1S/C15H30N2/c1-4-13(2)14(3)17-11-10-16-12-15(17)8-6-5-7-9-15/h13-14,16H,4-12H2,1-3H3. The lowest BCUT2D eigenvalue weighted by Crippen LogP contribution is -2.65. The molecule has 2 heteroatoms. The van der Waals surface area contributed by atoms with Crippen molar-refractivity contribution in [1.29, 1.82) is 0 Å². The van der Waals surface area contributed by atoms with Crippen LogP contribution in [0.3, 0.4) is 0 Å². The van der Waals surface area contributed by atoms with Crippen molar-refractivity contribution in [1.82, 2.24) is 10.2 Å². The van der Waals surface area contributed by atoms with Crippen LogP contribution in [0.15, 0.2) is 0 Å². The van der Waals surface area contributed by atoms with Crippen LogP contribution in [0.25, 0.3) is 0 Å². The van der Waals surface area contributed by atoms with Crippen LogP contribution in [0.2, 0.25) is 0 Å². The van der Waals surface area contributed by atoms with Gasteiger partial charge in [0.05, 0.1) is 0 Å². The monoisotopic (exact) mass is 238 g/mol. The van der Waals surface area contributed by atoms with Crippen LogP contribution in [-0.2, 0) is 0 Å². The third kappa shape index (κ3) is 2.68. The molecular formula is C15H30N2. The maximum Gasteiger partial charge on any atom is 0.0337 e.